The number of hydrogen-bond acceptors (Lipinski definition) is 8. The largest absolute Gasteiger partial charge is 0.462 e. The third-order valence-corrected chi connectivity index (χ3v) is 9.69. The molecule has 2 spiro atoms. The fraction of sp³-hybridized carbons (Fsp3) is 0.759. The second-order valence-electron chi connectivity index (χ2n) is 11.9. The highest BCUT2D eigenvalue weighted by Crippen LogP contribution is 2.72. The van der Waals surface area contributed by atoms with Gasteiger partial charge in [0.1, 0.15) is 24.4 Å². The molecule has 0 unspecified atom stereocenters. The SMILES string of the molecule is CC(=O)[C@H]1CCCCC(=O)O[C@@H]2C[C@H]3O[C@@H]4C=C(C)CC[C@]4(COC(=O)/C=C(\C)CCO1)[C@]2(C)[C@]31CO1. The van der Waals surface area contributed by atoms with Crippen LogP contribution in [-0.4, -0.2) is 67.6 Å². The second kappa shape index (κ2) is 9.93. The van der Waals surface area contributed by atoms with E-state index in [9.17, 15) is 14.4 Å². The number of ketones is 1. The fourth-order valence-corrected chi connectivity index (χ4v) is 7.23. The molecular weight excluding hydrogens is 476 g/mol. The lowest BCUT2D eigenvalue weighted by Gasteiger charge is -2.58. The van der Waals surface area contributed by atoms with Crippen molar-refractivity contribution in [1.29, 1.82) is 0 Å². The minimum absolute atomic E-state index is 0.0319. The molecule has 2 aliphatic carbocycles. The van der Waals surface area contributed by atoms with E-state index < -0.39 is 34.6 Å². The summed E-state index contributed by atoms with van der Waals surface area (Å²) in [5.41, 5.74) is 0.437. The van der Waals surface area contributed by atoms with Gasteiger partial charge in [-0.25, -0.2) is 4.79 Å². The van der Waals surface area contributed by atoms with Gasteiger partial charge in [-0.05, 0) is 59.3 Å². The van der Waals surface area contributed by atoms with Crippen LogP contribution in [0.25, 0.3) is 0 Å². The van der Waals surface area contributed by atoms with Gasteiger partial charge in [0.05, 0.1) is 30.8 Å². The number of rotatable bonds is 1. The van der Waals surface area contributed by atoms with Gasteiger partial charge in [-0.2, -0.15) is 0 Å². The molecule has 8 nitrogen and oxygen atoms in total. The normalized spacial score (nSPS) is 44.3. The van der Waals surface area contributed by atoms with E-state index in [1.54, 1.807) is 0 Å². The molecule has 3 fully saturated rings. The molecule has 0 radical (unpaired) electrons. The summed E-state index contributed by atoms with van der Waals surface area (Å²) in [6, 6.07) is 0. The van der Waals surface area contributed by atoms with Gasteiger partial charge in [-0.3, -0.25) is 9.59 Å². The predicted molar refractivity (Wildman–Crippen MR) is 134 cm³/mol. The Balaban J connectivity index is 1.46. The molecule has 37 heavy (non-hydrogen) atoms. The first-order chi connectivity index (χ1) is 17.6. The lowest BCUT2D eigenvalue weighted by atomic mass is 9.51. The summed E-state index contributed by atoms with van der Waals surface area (Å²) in [6.45, 7) is 8.71. The molecule has 0 aromatic rings. The first-order valence-electron chi connectivity index (χ1n) is 13.7. The lowest BCUT2D eigenvalue weighted by Crippen LogP contribution is -2.66. The van der Waals surface area contributed by atoms with E-state index >= 15 is 0 Å². The maximum Gasteiger partial charge on any atom is 0.330 e. The third kappa shape index (κ3) is 4.49. The number of hydrogen-bond donors (Lipinski definition) is 0. The summed E-state index contributed by atoms with van der Waals surface area (Å²) < 4.78 is 30.8. The molecule has 5 aliphatic rings. The Hall–Kier alpha value is -2.03. The third-order valence-electron chi connectivity index (χ3n) is 9.69. The first-order valence-corrected chi connectivity index (χ1v) is 13.7. The Morgan fingerprint density at radius 2 is 1.81 bits per heavy atom. The van der Waals surface area contributed by atoms with Crippen molar-refractivity contribution in [3.8, 4) is 0 Å². The molecule has 7 atom stereocenters. The Kier molecular flexibility index (Phi) is 7.13. The lowest BCUT2D eigenvalue weighted by molar-refractivity contribution is -0.232. The van der Waals surface area contributed by atoms with E-state index in [2.05, 4.69) is 19.9 Å². The Labute approximate surface area is 219 Å². The summed E-state index contributed by atoms with van der Waals surface area (Å²) >= 11 is 0. The molecule has 204 valence electrons. The fourth-order valence-electron chi connectivity index (χ4n) is 7.23. The van der Waals surface area contributed by atoms with Crippen molar-refractivity contribution >= 4 is 17.7 Å². The maximum absolute atomic E-state index is 13.0. The molecule has 0 amide bonds. The van der Waals surface area contributed by atoms with Crippen molar-refractivity contribution in [2.45, 2.75) is 109 Å². The molecular formula is C29H40O8. The van der Waals surface area contributed by atoms with Crippen molar-refractivity contribution < 1.29 is 38.1 Å². The number of cyclic esters (lactones) is 1. The topological polar surface area (TPSA) is 101 Å². The molecule has 0 aromatic heterocycles. The highest BCUT2D eigenvalue weighted by molar-refractivity contribution is 5.82. The number of carbonyl (C=O) groups excluding carboxylic acids is 3. The van der Waals surface area contributed by atoms with E-state index in [1.807, 2.05) is 6.92 Å². The van der Waals surface area contributed by atoms with E-state index in [-0.39, 0.29) is 37.0 Å². The number of allylic oxidation sites excluding steroid dienone is 1. The zero-order chi connectivity index (χ0) is 26.4. The highest BCUT2D eigenvalue weighted by Gasteiger charge is 2.83. The molecule has 2 saturated heterocycles. The molecule has 5 rings (SSSR count). The van der Waals surface area contributed by atoms with E-state index in [0.717, 1.165) is 18.4 Å². The van der Waals surface area contributed by atoms with Crippen LogP contribution < -0.4 is 0 Å². The molecule has 0 aromatic carbocycles. The monoisotopic (exact) mass is 516 g/mol. The van der Waals surface area contributed by atoms with E-state index in [0.29, 0.717) is 45.3 Å². The van der Waals surface area contributed by atoms with E-state index in [1.165, 1.54) is 18.6 Å². The van der Waals surface area contributed by atoms with Crippen LogP contribution in [-0.2, 0) is 38.1 Å². The van der Waals surface area contributed by atoms with Crippen LogP contribution in [0.1, 0.15) is 79.1 Å². The Morgan fingerprint density at radius 3 is 2.54 bits per heavy atom. The molecule has 8 heteroatoms. The predicted octanol–water partition coefficient (Wildman–Crippen LogP) is 4.00. The average Bonchev–Trinajstić information content (AvgIpc) is 3.61. The van der Waals surface area contributed by atoms with Gasteiger partial charge in [-0.15, -0.1) is 0 Å². The number of carbonyl (C=O) groups is 3. The van der Waals surface area contributed by atoms with Crippen LogP contribution >= 0.6 is 0 Å². The minimum atomic E-state index is -0.568. The standard InChI is InChI=1S/C29H40O8/c1-18-9-11-28-16-34-26(32)14-19(2)10-12-33-21(20(3)30)7-5-6-8-25(31)37-22-15-24(36-23(28)13-18)29(17-35-29)27(22,28)4/h13-14,21-24H,5-12,15-17H2,1-4H3/b19-14+/t21-,22-,23-,24-,27-,28-,29+/m1/s1. The first kappa shape index (κ1) is 26.6. The van der Waals surface area contributed by atoms with Crippen LogP contribution in [0.4, 0.5) is 0 Å². The Morgan fingerprint density at radius 1 is 1.03 bits per heavy atom. The summed E-state index contributed by atoms with van der Waals surface area (Å²) in [4.78, 5) is 38.0. The van der Waals surface area contributed by atoms with Gasteiger partial charge >= 0.3 is 11.9 Å². The molecule has 2 bridgehead atoms. The quantitative estimate of drug-likeness (QED) is 0.293. The zero-order valence-corrected chi connectivity index (χ0v) is 22.5. The molecule has 0 N–H and O–H groups in total. The summed E-state index contributed by atoms with van der Waals surface area (Å²) in [5, 5.41) is 0. The van der Waals surface area contributed by atoms with Crippen LogP contribution in [0.3, 0.4) is 0 Å². The molecule has 1 saturated carbocycles. The maximum atomic E-state index is 13.0. The van der Waals surface area contributed by atoms with Gasteiger partial charge in [0.15, 0.2) is 5.78 Å². The van der Waals surface area contributed by atoms with E-state index in [4.69, 9.17) is 23.7 Å². The smallest absolute Gasteiger partial charge is 0.330 e. The van der Waals surface area contributed by atoms with Crippen LogP contribution in [0, 0.1) is 10.8 Å². The minimum Gasteiger partial charge on any atom is -0.462 e. The highest BCUT2D eigenvalue weighted by atomic mass is 16.6. The van der Waals surface area contributed by atoms with Crippen LogP contribution in [0.2, 0.25) is 0 Å². The average molecular weight is 517 g/mol. The Bertz CT molecular complexity index is 1010. The molecule has 3 aliphatic heterocycles. The van der Waals surface area contributed by atoms with Gasteiger partial charge in [0.2, 0.25) is 0 Å². The second-order valence-corrected chi connectivity index (χ2v) is 11.9. The van der Waals surface area contributed by atoms with Crippen molar-refractivity contribution in [1.82, 2.24) is 0 Å². The van der Waals surface area contributed by atoms with Crippen molar-refractivity contribution in [2.75, 3.05) is 19.8 Å². The van der Waals surface area contributed by atoms with Gasteiger partial charge in [-0.1, -0.05) is 24.1 Å². The number of ether oxygens (including phenoxy) is 5. The number of Topliss-reactive ketones (excluding diaryl/α,β-unsaturated/α-hetero) is 1. The molecule has 3 heterocycles. The van der Waals surface area contributed by atoms with Crippen LogP contribution in [0.15, 0.2) is 23.3 Å². The summed E-state index contributed by atoms with van der Waals surface area (Å²) in [5.74, 6) is -0.694. The van der Waals surface area contributed by atoms with Gasteiger partial charge < -0.3 is 23.7 Å². The van der Waals surface area contributed by atoms with Gasteiger partial charge in [0.25, 0.3) is 0 Å². The summed E-state index contributed by atoms with van der Waals surface area (Å²) in [6.07, 6.45) is 7.23. The number of epoxide rings is 1. The van der Waals surface area contributed by atoms with Gasteiger partial charge in [0, 0.05) is 24.3 Å². The zero-order valence-electron chi connectivity index (χ0n) is 22.5. The van der Waals surface area contributed by atoms with Crippen LogP contribution in [0.5, 0.6) is 0 Å². The van der Waals surface area contributed by atoms with Crippen molar-refractivity contribution in [3.05, 3.63) is 23.3 Å². The van der Waals surface area contributed by atoms with Crippen molar-refractivity contribution in [2.24, 2.45) is 10.8 Å². The van der Waals surface area contributed by atoms with Crippen molar-refractivity contribution in [3.63, 3.8) is 0 Å². The number of esters is 2. The summed E-state index contributed by atoms with van der Waals surface area (Å²) in [7, 11) is 0.